The van der Waals surface area contributed by atoms with Crippen molar-refractivity contribution in [3.8, 4) is 0 Å². The minimum absolute atomic E-state index is 0.0250. The van der Waals surface area contributed by atoms with Gasteiger partial charge in [0.25, 0.3) is 0 Å². The number of halogens is 1. The van der Waals surface area contributed by atoms with Crippen molar-refractivity contribution in [3.05, 3.63) is 0 Å². The second-order valence-corrected chi connectivity index (χ2v) is 3.05. The van der Waals surface area contributed by atoms with E-state index in [1.165, 1.54) is 0 Å². The van der Waals surface area contributed by atoms with E-state index < -0.39 is 30.6 Å². The van der Waals surface area contributed by atoms with Crippen LogP contribution in [0.2, 0.25) is 0 Å². The van der Waals surface area contributed by atoms with Crippen LogP contribution in [0.5, 0.6) is 0 Å². The fourth-order valence-electron chi connectivity index (χ4n) is 1.46. The third-order valence-electron chi connectivity index (χ3n) is 2.23. The van der Waals surface area contributed by atoms with E-state index in [0.29, 0.717) is 0 Å². The molecule has 0 aromatic heterocycles. The number of aliphatic carboxylic acids is 1. The third kappa shape index (κ3) is 1.88. The molecule has 0 aliphatic carbocycles. The average Bonchev–Trinajstić information content (AvgIpc) is 2.47. The molecule has 1 amide bonds. The van der Waals surface area contributed by atoms with Gasteiger partial charge in [-0.05, 0) is 0 Å². The molecule has 0 bridgehead atoms. The molecular weight excluding hydrogens is 181 g/mol. The zero-order valence-corrected chi connectivity index (χ0v) is 6.81. The fourth-order valence-corrected chi connectivity index (χ4v) is 1.46. The first-order chi connectivity index (χ1) is 6.06. The van der Waals surface area contributed by atoms with E-state index in [2.05, 4.69) is 0 Å². The van der Waals surface area contributed by atoms with E-state index in [-0.39, 0.29) is 13.1 Å². The lowest BCUT2D eigenvalue weighted by atomic mass is 9.98. The number of nitrogens with zero attached hydrogens (tertiary/aromatic N) is 1. The van der Waals surface area contributed by atoms with E-state index in [9.17, 15) is 14.0 Å². The summed E-state index contributed by atoms with van der Waals surface area (Å²) in [5.74, 6) is -2.74. The summed E-state index contributed by atoms with van der Waals surface area (Å²) in [6, 6.07) is 0. The molecule has 74 valence electrons. The predicted octanol–water partition coefficient (Wildman–Crippen LogP) is 0.267. The second-order valence-electron chi connectivity index (χ2n) is 3.05. The van der Waals surface area contributed by atoms with Gasteiger partial charge in [-0.3, -0.25) is 9.18 Å². The van der Waals surface area contributed by atoms with Crippen LogP contribution in [0.3, 0.4) is 0 Å². The average molecular weight is 191 g/mol. The Morgan fingerprint density at radius 1 is 1.38 bits per heavy atom. The zero-order chi connectivity index (χ0) is 10.0. The first-order valence-corrected chi connectivity index (χ1v) is 3.83. The summed E-state index contributed by atoms with van der Waals surface area (Å²) in [4.78, 5) is 21.9. The van der Waals surface area contributed by atoms with E-state index in [1.807, 2.05) is 0 Å². The van der Waals surface area contributed by atoms with Crippen LogP contribution >= 0.6 is 0 Å². The van der Waals surface area contributed by atoms with Crippen molar-refractivity contribution in [1.82, 2.24) is 4.90 Å². The highest BCUT2D eigenvalue weighted by Gasteiger charge is 2.39. The number of carboxylic acid groups (broad SMARTS) is 2. The number of carbonyl (C=O) groups is 2. The number of likely N-dealkylation sites (tertiary alicyclic amines) is 1. The molecule has 6 heteroatoms. The Kier molecular flexibility index (Phi) is 2.69. The summed E-state index contributed by atoms with van der Waals surface area (Å²) in [6.07, 6.45) is -1.19. The number of rotatable bonds is 2. The van der Waals surface area contributed by atoms with Gasteiger partial charge in [-0.25, -0.2) is 4.79 Å². The Hall–Kier alpha value is -1.33. The van der Waals surface area contributed by atoms with Crippen LogP contribution in [0.25, 0.3) is 0 Å². The number of carboxylic acids is 1. The molecule has 1 fully saturated rings. The van der Waals surface area contributed by atoms with Crippen molar-refractivity contribution in [2.75, 3.05) is 19.8 Å². The Morgan fingerprint density at radius 2 is 2.00 bits per heavy atom. The van der Waals surface area contributed by atoms with Crippen molar-refractivity contribution in [1.29, 1.82) is 0 Å². The summed E-state index contributed by atoms with van der Waals surface area (Å²) in [6.45, 7) is -0.928. The van der Waals surface area contributed by atoms with E-state index in [1.54, 1.807) is 0 Å². The predicted molar refractivity (Wildman–Crippen MR) is 40.2 cm³/mol. The van der Waals surface area contributed by atoms with Crippen molar-refractivity contribution in [2.45, 2.75) is 0 Å². The van der Waals surface area contributed by atoms with E-state index >= 15 is 0 Å². The van der Waals surface area contributed by atoms with E-state index in [4.69, 9.17) is 10.2 Å². The van der Waals surface area contributed by atoms with Crippen LogP contribution in [0.4, 0.5) is 9.18 Å². The largest absolute Gasteiger partial charge is 0.481 e. The lowest BCUT2D eigenvalue weighted by Gasteiger charge is -2.09. The fraction of sp³-hybridized carbons (Fsp3) is 0.714. The number of hydrogen-bond acceptors (Lipinski definition) is 2. The molecule has 13 heavy (non-hydrogen) atoms. The number of hydrogen-bond donors (Lipinski definition) is 2. The van der Waals surface area contributed by atoms with Crippen molar-refractivity contribution in [2.24, 2.45) is 11.8 Å². The second kappa shape index (κ2) is 3.59. The summed E-state index contributed by atoms with van der Waals surface area (Å²) in [5.41, 5.74) is 0. The van der Waals surface area contributed by atoms with Gasteiger partial charge in [0, 0.05) is 19.0 Å². The molecule has 2 atom stereocenters. The van der Waals surface area contributed by atoms with Crippen LogP contribution in [-0.2, 0) is 4.79 Å². The molecule has 0 aromatic carbocycles. The zero-order valence-electron chi connectivity index (χ0n) is 6.81. The third-order valence-corrected chi connectivity index (χ3v) is 2.23. The van der Waals surface area contributed by atoms with Gasteiger partial charge in [0.2, 0.25) is 0 Å². The molecule has 1 aliphatic heterocycles. The summed E-state index contributed by atoms with van der Waals surface area (Å²) in [5, 5.41) is 17.2. The summed E-state index contributed by atoms with van der Waals surface area (Å²) < 4.78 is 12.3. The van der Waals surface area contributed by atoms with Gasteiger partial charge in [-0.15, -0.1) is 0 Å². The molecule has 0 aromatic rings. The molecule has 1 heterocycles. The standard InChI is InChI=1S/C7H10FNO4/c8-1-4-2-9(7(12)13)3-5(4)6(10)11/h4-5H,1-3H2,(H,10,11)(H,12,13). The van der Waals surface area contributed by atoms with Gasteiger partial charge >= 0.3 is 12.1 Å². The quantitative estimate of drug-likeness (QED) is 0.656. The van der Waals surface area contributed by atoms with Gasteiger partial charge in [0.05, 0.1) is 12.6 Å². The van der Waals surface area contributed by atoms with Gasteiger partial charge in [-0.2, -0.15) is 0 Å². The summed E-state index contributed by atoms with van der Waals surface area (Å²) >= 11 is 0. The molecule has 5 nitrogen and oxygen atoms in total. The molecule has 1 rings (SSSR count). The molecule has 0 spiro atoms. The van der Waals surface area contributed by atoms with Crippen LogP contribution in [0.15, 0.2) is 0 Å². The molecule has 2 unspecified atom stereocenters. The Balaban J connectivity index is 2.66. The van der Waals surface area contributed by atoms with Gasteiger partial charge < -0.3 is 15.1 Å². The maximum atomic E-state index is 12.3. The lowest BCUT2D eigenvalue weighted by Crippen LogP contribution is -2.28. The monoisotopic (exact) mass is 191 g/mol. The highest BCUT2D eigenvalue weighted by atomic mass is 19.1. The van der Waals surface area contributed by atoms with Gasteiger partial charge in [0.1, 0.15) is 0 Å². The Morgan fingerprint density at radius 3 is 2.31 bits per heavy atom. The maximum Gasteiger partial charge on any atom is 0.407 e. The van der Waals surface area contributed by atoms with Crippen molar-refractivity contribution in [3.63, 3.8) is 0 Å². The van der Waals surface area contributed by atoms with E-state index in [0.717, 1.165) is 4.90 Å². The van der Waals surface area contributed by atoms with Gasteiger partial charge in [-0.1, -0.05) is 0 Å². The van der Waals surface area contributed by atoms with Crippen molar-refractivity contribution < 1.29 is 24.2 Å². The van der Waals surface area contributed by atoms with Crippen LogP contribution < -0.4 is 0 Å². The normalized spacial score (nSPS) is 27.6. The molecule has 0 radical (unpaired) electrons. The topological polar surface area (TPSA) is 77.8 Å². The molecule has 1 aliphatic rings. The molecule has 1 saturated heterocycles. The highest BCUT2D eigenvalue weighted by Crippen LogP contribution is 2.23. The van der Waals surface area contributed by atoms with Crippen LogP contribution in [0.1, 0.15) is 0 Å². The van der Waals surface area contributed by atoms with Gasteiger partial charge in [0.15, 0.2) is 0 Å². The van der Waals surface area contributed by atoms with Crippen LogP contribution in [-0.4, -0.2) is 46.9 Å². The molecule has 2 N–H and O–H groups in total. The smallest absolute Gasteiger partial charge is 0.407 e. The SMILES string of the molecule is O=C(O)C1CN(C(=O)O)CC1CF. The first-order valence-electron chi connectivity index (χ1n) is 3.83. The number of alkyl halides is 1. The Bertz CT molecular complexity index is 233. The van der Waals surface area contributed by atoms with Crippen molar-refractivity contribution >= 4 is 12.1 Å². The molecular formula is C7H10FNO4. The maximum absolute atomic E-state index is 12.3. The molecule has 0 saturated carbocycles. The highest BCUT2D eigenvalue weighted by molar-refractivity contribution is 5.73. The summed E-state index contributed by atoms with van der Waals surface area (Å²) in [7, 11) is 0. The Labute approximate surface area is 73.8 Å². The lowest BCUT2D eigenvalue weighted by molar-refractivity contribution is -0.142. The first kappa shape index (κ1) is 9.76. The van der Waals surface area contributed by atoms with Crippen LogP contribution in [0, 0.1) is 11.8 Å². The minimum Gasteiger partial charge on any atom is -0.481 e. The minimum atomic E-state index is -1.19. The number of amides is 1.